The van der Waals surface area contributed by atoms with Crippen molar-refractivity contribution in [1.82, 2.24) is 4.90 Å². The van der Waals surface area contributed by atoms with Crippen LogP contribution in [-0.2, 0) is 0 Å². The molecule has 0 unspecified atom stereocenters. The van der Waals surface area contributed by atoms with E-state index in [4.69, 9.17) is 4.74 Å². The molecule has 0 bridgehead atoms. The lowest BCUT2D eigenvalue weighted by Gasteiger charge is -2.37. The Bertz CT molecular complexity index is 449. The smallest absolute Gasteiger partial charge is 0.122 e. The molecular weight excluding hydrogens is 260 g/mol. The molecule has 0 saturated carbocycles. The fraction of sp³-hybridized carbons (Fsp3) is 0.667. The van der Waals surface area contributed by atoms with Crippen LogP contribution < -0.4 is 9.64 Å². The second-order valence-corrected chi connectivity index (χ2v) is 6.76. The Kier molecular flexibility index (Phi) is 5.51. The molecule has 0 spiro atoms. The van der Waals surface area contributed by atoms with E-state index in [0.29, 0.717) is 5.92 Å². The van der Waals surface area contributed by atoms with Gasteiger partial charge in [0, 0.05) is 38.4 Å². The molecule has 1 heterocycles. The van der Waals surface area contributed by atoms with Gasteiger partial charge in [-0.25, -0.2) is 0 Å². The molecule has 1 aliphatic heterocycles. The van der Waals surface area contributed by atoms with E-state index in [1.165, 1.54) is 30.9 Å². The van der Waals surface area contributed by atoms with Gasteiger partial charge in [-0.05, 0) is 35.6 Å². The SMILES string of the molecule is COc1ccc(N2CCN(CC(C)C)CC2)cc1C(C)C. The first-order valence-corrected chi connectivity index (χ1v) is 8.16. The Balaban J connectivity index is 2.05. The Hall–Kier alpha value is -1.22. The maximum Gasteiger partial charge on any atom is 0.122 e. The maximum atomic E-state index is 5.48. The quantitative estimate of drug-likeness (QED) is 0.824. The van der Waals surface area contributed by atoms with Crippen molar-refractivity contribution in [3.63, 3.8) is 0 Å². The van der Waals surface area contributed by atoms with Crippen LogP contribution in [0.3, 0.4) is 0 Å². The first-order chi connectivity index (χ1) is 10.0. The second-order valence-electron chi connectivity index (χ2n) is 6.76. The second kappa shape index (κ2) is 7.17. The standard InChI is InChI=1S/C18H30N2O/c1-14(2)13-19-8-10-20(11-9-19)16-6-7-18(21-5)17(12-16)15(3)4/h6-7,12,14-15H,8-11,13H2,1-5H3. The zero-order chi connectivity index (χ0) is 15.4. The summed E-state index contributed by atoms with van der Waals surface area (Å²) < 4.78 is 5.48. The summed E-state index contributed by atoms with van der Waals surface area (Å²) in [5, 5.41) is 0. The zero-order valence-corrected chi connectivity index (χ0v) is 14.2. The summed E-state index contributed by atoms with van der Waals surface area (Å²) in [6.07, 6.45) is 0. The van der Waals surface area contributed by atoms with Crippen molar-refractivity contribution in [3.8, 4) is 5.75 Å². The van der Waals surface area contributed by atoms with E-state index in [-0.39, 0.29) is 0 Å². The zero-order valence-electron chi connectivity index (χ0n) is 14.2. The largest absolute Gasteiger partial charge is 0.496 e. The van der Waals surface area contributed by atoms with Gasteiger partial charge >= 0.3 is 0 Å². The van der Waals surface area contributed by atoms with E-state index in [2.05, 4.69) is 55.7 Å². The van der Waals surface area contributed by atoms with Crippen molar-refractivity contribution in [2.75, 3.05) is 44.7 Å². The fourth-order valence-corrected chi connectivity index (χ4v) is 3.07. The third-order valence-corrected chi connectivity index (χ3v) is 4.20. The number of hydrogen-bond donors (Lipinski definition) is 0. The minimum atomic E-state index is 0.488. The van der Waals surface area contributed by atoms with Crippen molar-refractivity contribution < 1.29 is 4.74 Å². The van der Waals surface area contributed by atoms with Gasteiger partial charge in [0.1, 0.15) is 5.75 Å². The number of nitrogens with zero attached hydrogens (tertiary/aromatic N) is 2. The van der Waals surface area contributed by atoms with Crippen LogP contribution in [0, 0.1) is 5.92 Å². The van der Waals surface area contributed by atoms with Crippen LogP contribution in [0.5, 0.6) is 5.75 Å². The van der Waals surface area contributed by atoms with Crippen molar-refractivity contribution in [3.05, 3.63) is 23.8 Å². The van der Waals surface area contributed by atoms with E-state index >= 15 is 0 Å². The van der Waals surface area contributed by atoms with Gasteiger partial charge < -0.3 is 9.64 Å². The van der Waals surface area contributed by atoms with Gasteiger partial charge in [-0.3, -0.25) is 4.90 Å². The van der Waals surface area contributed by atoms with Gasteiger partial charge in [0.25, 0.3) is 0 Å². The molecule has 2 rings (SSSR count). The maximum absolute atomic E-state index is 5.48. The molecule has 0 atom stereocenters. The van der Waals surface area contributed by atoms with E-state index in [9.17, 15) is 0 Å². The number of ether oxygens (including phenoxy) is 1. The molecule has 1 saturated heterocycles. The molecule has 0 aliphatic carbocycles. The third-order valence-electron chi connectivity index (χ3n) is 4.20. The summed E-state index contributed by atoms with van der Waals surface area (Å²) in [6, 6.07) is 6.62. The highest BCUT2D eigenvalue weighted by molar-refractivity contribution is 5.54. The molecule has 0 radical (unpaired) electrons. The van der Waals surface area contributed by atoms with Crippen molar-refractivity contribution >= 4 is 5.69 Å². The lowest BCUT2D eigenvalue weighted by atomic mass is 10.0. The van der Waals surface area contributed by atoms with Gasteiger partial charge in [0.2, 0.25) is 0 Å². The lowest BCUT2D eigenvalue weighted by molar-refractivity contribution is 0.231. The molecule has 1 aromatic rings. The highest BCUT2D eigenvalue weighted by Gasteiger charge is 2.19. The van der Waals surface area contributed by atoms with Crippen LogP contribution >= 0.6 is 0 Å². The Morgan fingerprint density at radius 1 is 1.05 bits per heavy atom. The van der Waals surface area contributed by atoms with Gasteiger partial charge in [-0.15, -0.1) is 0 Å². The number of methoxy groups -OCH3 is 1. The Morgan fingerprint density at radius 3 is 2.24 bits per heavy atom. The van der Waals surface area contributed by atoms with Gasteiger partial charge in [-0.2, -0.15) is 0 Å². The first-order valence-electron chi connectivity index (χ1n) is 8.16. The van der Waals surface area contributed by atoms with E-state index in [0.717, 1.165) is 24.8 Å². The molecule has 3 nitrogen and oxygen atoms in total. The Labute approximate surface area is 129 Å². The minimum Gasteiger partial charge on any atom is -0.496 e. The summed E-state index contributed by atoms with van der Waals surface area (Å²) >= 11 is 0. The molecule has 21 heavy (non-hydrogen) atoms. The molecule has 118 valence electrons. The summed E-state index contributed by atoms with van der Waals surface area (Å²) in [7, 11) is 1.76. The third kappa shape index (κ3) is 4.13. The van der Waals surface area contributed by atoms with Crippen LogP contribution in [0.25, 0.3) is 0 Å². The minimum absolute atomic E-state index is 0.488. The highest BCUT2D eigenvalue weighted by Crippen LogP contribution is 2.31. The Morgan fingerprint density at radius 2 is 1.71 bits per heavy atom. The number of rotatable bonds is 5. The van der Waals surface area contributed by atoms with Crippen molar-refractivity contribution in [2.45, 2.75) is 33.6 Å². The van der Waals surface area contributed by atoms with Crippen LogP contribution in [-0.4, -0.2) is 44.7 Å². The molecule has 3 heteroatoms. The van der Waals surface area contributed by atoms with Gasteiger partial charge in [0.05, 0.1) is 7.11 Å². The van der Waals surface area contributed by atoms with E-state index < -0.39 is 0 Å². The monoisotopic (exact) mass is 290 g/mol. The average Bonchev–Trinajstić information content (AvgIpc) is 2.46. The van der Waals surface area contributed by atoms with Gasteiger partial charge in [-0.1, -0.05) is 27.7 Å². The van der Waals surface area contributed by atoms with E-state index in [1.807, 2.05) is 0 Å². The molecule has 1 aliphatic rings. The number of hydrogen-bond acceptors (Lipinski definition) is 3. The van der Waals surface area contributed by atoms with Crippen LogP contribution in [0.1, 0.15) is 39.2 Å². The summed E-state index contributed by atoms with van der Waals surface area (Å²) in [5.41, 5.74) is 2.64. The van der Waals surface area contributed by atoms with Gasteiger partial charge in [0.15, 0.2) is 0 Å². The van der Waals surface area contributed by atoms with Crippen molar-refractivity contribution in [2.24, 2.45) is 5.92 Å². The molecule has 1 fully saturated rings. The lowest BCUT2D eigenvalue weighted by Crippen LogP contribution is -2.47. The van der Waals surface area contributed by atoms with Crippen molar-refractivity contribution in [1.29, 1.82) is 0 Å². The summed E-state index contributed by atoms with van der Waals surface area (Å²) in [6.45, 7) is 14.8. The van der Waals surface area contributed by atoms with Crippen LogP contribution in [0.2, 0.25) is 0 Å². The summed E-state index contributed by atoms with van der Waals surface area (Å²) in [4.78, 5) is 5.08. The molecule has 0 amide bonds. The van der Waals surface area contributed by atoms with E-state index in [1.54, 1.807) is 7.11 Å². The topological polar surface area (TPSA) is 15.7 Å². The normalized spacial score (nSPS) is 16.8. The number of benzene rings is 1. The number of anilines is 1. The summed E-state index contributed by atoms with van der Waals surface area (Å²) in [5.74, 6) is 2.25. The highest BCUT2D eigenvalue weighted by atomic mass is 16.5. The fourth-order valence-electron chi connectivity index (χ4n) is 3.07. The van der Waals surface area contributed by atoms with Crippen LogP contribution in [0.15, 0.2) is 18.2 Å². The van der Waals surface area contributed by atoms with Crippen LogP contribution in [0.4, 0.5) is 5.69 Å². The number of piperazine rings is 1. The first kappa shape index (κ1) is 16.2. The molecule has 1 aromatic carbocycles. The average molecular weight is 290 g/mol. The molecule has 0 aromatic heterocycles. The predicted molar refractivity (Wildman–Crippen MR) is 90.6 cm³/mol. The molecular formula is C18H30N2O. The predicted octanol–water partition coefficient (Wildman–Crippen LogP) is 3.60. The molecule has 0 N–H and O–H groups in total.